The number of hydrogen-bond donors (Lipinski definition) is 1. The van der Waals surface area contributed by atoms with Crippen molar-refractivity contribution in [2.24, 2.45) is 0 Å². The average molecular weight is 234 g/mol. The second-order valence-electron chi connectivity index (χ2n) is 4.08. The largest absolute Gasteiger partial charge is 0.312 e. The van der Waals surface area contributed by atoms with Crippen molar-refractivity contribution in [3.05, 3.63) is 0 Å². The molecule has 1 rings (SSSR count). The van der Waals surface area contributed by atoms with Crippen molar-refractivity contribution in [1.82, 2.24) is 10.2 Å². The maximum absolute atomic E-state index is 11.2. The van der Waals surface area contributed by atoms with E-state index in [1.165, 1.54) is 0 Å². The van der Waals surface area contributed by atoms with Gasteiger partial charge in [0.25, 0.3) is 0 Å². The van der Waals surface area contributed by atoms with Crippen LogP contribution in [0.1, 0.15) is 20.3 Å². The van der Waals surface area contributed by atoms with Crippen LogP contribution in [-0.2, 0) is 9.84 Å². The highest BCUT2D eigenvalue weighted by molar-refractivity contribution is 7.91. The molecule has 0 amide bonds. The summed E-state index contributed by atoms with van der Waals surface area (Å²) in [5.41, 5.74) is 0. The van der Waals surface area contributed by atoms with E-state index in [1.807, 2.05) is 0 Å². The van der Waals surface area contributed by atoms with Gasteiger partial charge in [0, 0.05) is 19.1 Å². The van der Waals surface area contributed by atoms with Crippen LogP contribution in [0.3, 0.4) is 0 Å². The first kappa shape index (κ1) is 12.9. The maximum atomic E-state index is 11.2. The van der Waals surface area contributed by atoms with E-state index in [4.69, 9.17) is 0 Å². The second-order valence-corrected chi connectivity index (χ2v) is 6.31. The van der Waals surface area contributed by atoms with E-state index in [-0.39, 0.29) is 6.04 Å². The van der Waals surface area contributed by atoms with Crippen molar-refractivity contribution >= 4 is 9.84 Å². The van der Waals surface area contributed by atoms with Crippen LogP contribution in [0.2, 0.25) is 0 Å². The van der Waals surface area contributed by atoms with E-state index >= 15 is 0 Å². The smallest absolute Gasteiger partial charge is 0.151 e. The molecule has 15 heavy (non-hydrogen) atoms. The topological polar surface area (TPSA) is 49.4 Å². The third-order valence-electron chi connectivity index (χ3n) is 2.99. The molecule has 0 aromatic rings. The number of likely N-dealkylation sites (N-methyl/N-ethyl adjacent to an activating group) is 1. The van der Waals surface area contributed by atoms with Crippen LogP contribution in [0, 0.1) is 0 Å². The summed E-state index contributed by atoms with van der Waals surface area (Å²) in [6, 6.07) is 0.186. The molecule has 0 saturated carbocycles. The van der Waals surface area contributed by atoms with E-state index in [0.717, 1.165) is 32.6 Å². The van der Waals surface area contributed by atoms with Gasteiger partial charge in [-0.1, -0.05) is 13.8 Å². The van der Waals surface area contributed by atoms with Gasteiger partial charge in [0.05, 0.1) is 11.5 Å². The Hall–Kier alpha value is -0.130. The predicted octanol–water partition coefficient (Wildman–Crippen LogP) is 0.105. The van der Waals surface area contributed by atoms with Gasteiger partial charge in [-0.3, -0.25) is 0 Å². The second kappa shape index (κ2) is 5.82. The minimum Gasteiger partial charge on any atom is -0.312 e. The third kappa shape index (κ3) is 4.49. The van der Waals surface area contributed by atoms with Crippen molar-refractivity contribution < 1.29 is 8.42 Å². The molecule has 90 valence electrons. The molecule has 0 aliphatic carbocycles. The fourth-order valence-corrected chi connectivity index (χ4v) is 3.63. The summed E-state index contributed by atoms with van der Waals surface area (Å²) in [6.07, 6.45) is 0.778. The molecule has 1 heterocycles. The van der Waals surface area contributed by atoms with E-state index in [9.17, 15) is 8.42 Å². The molecule has 1 atom stereocenters. The standard InChI is InChI=1S/C10H22N2O2S/c1-3-12(4-2)7-6-11-10-5-8-15(13,14)9-10/h10-11H,3-9H2,1-2H3. The lowest BCUT2D eigenvalue weighted by Gasteiger charge is -2.19. The van der Waals surface area contributed by atoms with Gasteiger partial charge in [-0.25, -0.2) is 8.42 Å². The van der Waals surface area contributed by atoms with Crippen molar-refractivity contribution in [2.45, 2.75) is 26.3 Å². The van der Waals surface area contributed by atoms with Gasteiger partial charge in [0.2, 0.25) is 0 Å². The van der Waals surface area contributed by atoms with E-state index in [0.29, 0.717) is 11.5 Å². The zero-order valence-electron chi connectivity index (χ0n) is 9.70. The van der Waals surface area contributed by atoms with Crippen molar-refractivity contribution in [3.63, 3.8) is 0 Å². The number of sulfone groups is 1. The molecular formula is C10H22N2O2S. The first-order valence-corrected chi connectivity index (χ1v) is 7.55. The van der Waals surface area contributed by atoms with Gasteiger partial charge in [0.1, 0.15) is 0 Å². The molecule has 1 aliphatic heterocycles. The van der Waals surface area contributed by atoms with Gasteiger partial charge in [-0.2, -0.15) is 0 Å². The Morgan fingerprint density at radius 3 is 2.47 bits per heavy atom. The fraction of sp³-hybridized carbons (Fsp3) is 1.00. The SMILES string of the molecule is CCN(CC)CCNC1CCS(=O)(=O)C1. The Morgan fingerprint density at radius 1 is 1.33 bits per heavy atom. The number of nitrogens with one attached hydrogen (secondary N) is 1. The highest BCUT2D eigenvalue weighted by atomic mass is 32.2. The summed E-state index contributed by atoms with van der Waals surface area (Å²) < 4.78 is 22.4. The molecule has 4 nitrogen and oxygen atoms in total. The highest BCUT2D eigenvalue weighted by Crippen LogP contribution is 2.10. The van der Waals surface area contributed by atoms with Crippen LogP contribution in [0.15, 0.2) is 0 Å². The van der Waals surface area contributed by atoms with Gasteiger partial charge < -0.3 is 10.2 Å². The van der Waals surface area contributed by atoms with Crippen molar-refractivity contribution in [3.8, 4) is 0 Å². The summed E-state index contributed by atoms with van der Waals surface area (Å²) in [6.45, 7) is 8.29. The van der Waals surface area contributed by atoms with Gasteiger partial charge in [0.15, 0.2) is 9.84 Å². The summed E-state index contributed by atoms with van der Waals surface area (Å²) >= 11 is 0. The summed E-state index contributed by atoms with van der Waals surface area (Å²) in [4.78, 5) is 2.33. The molecule has 0 spiro atoms. The predicted molar refractivity (Wildman–Crippen MR) is 62.8 cm³/mol. The minimum absolute atomic E-state index is 0.186. The third-order valence-corrected chi connectivity index (χ3v) is 4.76. The van der Waals surface area contributed by atoms with Crippen LogP contribution < -0.4 is 5.32 Å². The molecule has 1 saturated heterocycles. The molecule has 0 radical (unpaired) electrons. The Labute approximate surface area is 93.0 Å². The van der Waals surface area contributed by atoms with Crippen molar-refractivity contribution in [1.29, 1.82) is 0 Å². The average Bonchev–Trinajstić information content (AvgIpc) is 2.53. The molecule has 1 fully saturated rings. The Kier molecular flexibility index (Phi) is 5.02. The van der Waals surface area contributed by atoms with Gasteiger partial charge >= 0.3 is 0 Å². The van der Waals surface area contributed by atoms with Crippen LogP contribution in [0.5, 0.6) is 0 Å². The summed E-state index contributed by atoms with van der Waals surface area (Å²) in [5, 5.41) is 3.32. The lowest BCUT2D eigenvalue weighted by molar-refractivity contribution is 0.298. The van der Waals surface area contributed by atoms with Crippen LogP contribution in [-0.4, -0.2) is 57.0 Å². The minimum atomic E-state index is -2.73. The monoisotopic (exact) mass is 234 g/mol. The molecule has 1 N–H and O–H groups in total. The van der Waals surface area contributed by atoms with E-state index < -0.39 is 9.84 Å². The highest BCUT2D eigenvalue weighted by Gasteiger charge is 2.26. The molecule has 0 bridgehead atoms. The molecule has 1 unspecified atom stereocenters. The molecule has 0 aromatic carbocycles. The Morgan fingerprint density at radius 2 is 2.00 bits per heavy atom. The molecular weight excluding hydrogens is 212 g/mol. The molecule has 5 heteroatoms. The fourth-order valence-electron chi connectivity index (χ4n) is 1.92. The van der Waals surface area contributed by atoms with Crippen LogP contribution in [0.4, 0.5) is 0 Å². The first-order chi connectivity index (χ1) is 7.07. The number of rotatable bonds is 6. The number of nitrogens with zero attached hydrogens (tertiary/aromatic N) is 1. The number of hydrogen-bond acceptors (Lipinski definition) is 4. The summed E-state index contributed by atoms with van der Waals surface area (Å²) in [5.74, 6) is 0.682. The lowest BCUT2D eigenvalue weighted by atomic mass is 10.2. The first-order valence-electron chi connectivity index (χ1n) is 5.73. The lowest BCUT2D eigenvalue weighted by Crippen LogP contribution is -2.37. The normalized spacial score (nSPS) is 24.9. The van der Waals surface area contributed by atoms with Gasteiger partial charge in [-0.15, -0.1) is 0 Å². The van der Waals surface area contributed by atoms with Crippen LogP contribution >= 0.6 is 0 Å². The zero-order chi connectivity index (χ0) is 11.3. The van der Waals surface area contributed by atoms with Crippen LogP contribution in [0.25, 0.3) is 0 Å². The zero-order valence-corrected chi connectivity index (χ0v) is 10.5. The molecule has 1 aliphatic rings. The Bertz CT molecular complexity index is 273. The quantitative estimate of drug-likeness (QED) is 0.708. The Balaban J connectivity index is 2.16. The maximum Gasteiger partial charge on any atom is 0.151 e. The summed E-state index contributed by atoms with van der Waals surface area (Å²) in [7, 11) is -2.73. The van der Waals surface area contributed by atoms with E-state index in [1.54, 1.807) is 0 Å². The van der Waals surface area contributed by atoms with E-state index in [2.05, 4.69) is 24.1 Å². The van der Waals surface area contributed by atoms with Gasteiger partial charge in [-0.05, 0) is 19.5 Å². The molecule has 0 aromatic heterocycles. The van der Waals surface area contributed by atoms with Crippen molar-refractivity contribution in [2.75, 3.05) is 37.7 Å².